The molecule has 1 saturated heterocycles. The van der Waals surface area contributed by atoms with E-state index in [9.17, 15) is 5.26 Å². The minimum atomic E-state index is 0.264. The lowest BCUT2D eigenvalue weighted by atomic mass is 10.0. The Kier molecular flexibility index (Phi) is 7.90. The first-order valence-corrected chi connectivity index (χ1v) is 10.5. The van der Waals surface area contributed by atoms with Gasteiger partial charge in [-0.2, -0.15) is 5.26 Å². The Morgan fingerprint density at radius 3 is 2.93 bits per heavy atom. The smallest absolute Gasteiger partial charge is 0.213 e. The number of rotatable bonds is 7. The Morgan fingerprint density at radius 1 is 1.33 bits per heavy atom. The van der Waals surface area contributed by atoms with Gasteiger partial charge in [0.1, 0.15) is 6.07 Å². The molecule has 0 bridgehead atoms. The van der Waals surface area contributed by atoms with Crippen LogP contribution >= 0.6 is 0 Å². The highest BCUT2D eigenvalue weighted by Gasteiger charge is 2.22. The maximum atomic E-state index is 9.40. The number of para-hydroxylation sites is 1. The summed E-state index contributed by atoms with van der Waals surface area (Å²) < 4.78 is 5.53. The maximum Gasteiger partial charge on any atom is 0.213 e. The predicted molar refractivity (Wildman–Crippen MR) is 120 cm³/mol. The van der Waals surface area contributed by atoms with Crippen molar-refractivity contribution < 1.29 is 4.74 Å². The van der Waals surface area contributed by atoms with E-state index in [2.05, 4.69) is 38.5 Å². The molecule has 1 aliphatic rings. The molecule has 0 radical (unpaired) electrons. The van der Waals surface area contributed by atoms with Gasteiger partial charge in [-0.3, -0.25) is 4.99 Å². The van der Waals surface area contributed by atoms with Gasteiger partial charge in [-0.25, -0.2) is 4.98 Å². The lowest BCUT2D eigenvalue weighted by Gasteiger charge is -2.35. The van der Waals surface area contributed by atoms with Crippen LogP contribution in [0, 0.1) is 11.3 Å². The number of anilines is 1. The van der Waals surface area contributed by atoms with Crippen LogP contribution in [0.15, 0.2) is 47.6 Å². The molecule has 2 N–H and O–H groups in total. The number of nitriles is 1. The van der Waals surface area contributed by atoms with Crippen molar-refractivity contribution in [2.75, 3.05) is 31.6 Å². The van der Waals surface area contributed by atoms with E-state index >= 15 is 0 Å². The molecule has 158 valence electrons. The van der Waals surface area contributed by atoms with Gasteiger partial charge in [0.2, 0.25) is 5.88 Å². The number of benzene rings is 1. The van der Waals surface area contributed by atoms with Crippen molar-refractivity contribution >= 4 is 11.6 Å². The average Bonchev–Trinajstić information content (AvgIpc) is 2.81. The standard InChI is InChI=1S/C23H30N6O/c1-3-13-30-22-11-10-18(15-26-22)16-27-23(25-2)28-20-8-6-12-29(17-20)21-9-5-4-7-19(21)14-24/h4-5,7,9-11,15,20H,3,6,8,12-13,16-17H2,1-2H3,(H2,25,27,28). The third-order valence-electron chi connectivity index (χ3n) is 5.06. The second kappa shape index (κ2) is 11.1. The Bertz CT molecular complexity index is 874. The van der Waals surface area contributed by atoms with Crippen molar-refractivity contribution in [3.63, 3.8) is 0 Å². The van der Waals surface area contributed by atoms with Crippen molar-refractivity contribution in [2.24, 2.45) is 4.99 Å². The number of pyridine rings is 1. The third-order valence-corrected chi connectivity index (χ3v) is 5.06. The molecule has 1 atom stereocenters. The summed E-state index contributed by atoms with van der Waals surface area (Å²) >= 11 is 0. The summed E-state index contributed by atoms with van der Waals surface area (Å²) in [5, 5.41) is 16.3. The first kappa shape index (κ1) is 21.4. The molecule has 0 spiro atoms. The largest absolute Gasteiger partial charge is 0.478 e. The maximum absolute atomic E-state index is 9.40. The topological polar surface area (TPSA) is 85.6 Å². The number of nitrogens with one attached hydrogen (secondary N) is 2. The number of hydrogen-bond acceptors (Lipinski definition) is 5. The number of aliphatic imine (C=N–C) groups is 1. The molecule has 1 aromatic heterocycles. The normalized spacial score (nSPS) is 16.6. The third kappa shape index (κ3) is 5.86. The van der Waals surface area contributed by atoms with Crippen LogP contribution in [0.2, 0.25) is 0 Å². The fraction of sp³-hybridized carbons (Fsp3) is 0.435. The molecule has 7 heteroatoms. The second-order valence-corrected chi connectivity index (χ2v) is 7.34. The van der Waals surface area contributed by atoms with E-state index < -0.39 is 0 Å². The van der Waals surface area contributed by atoms with Crippen molar-refractivity contribution in [1.82, 2.24) is 15.6 Å². The van der Waals surface area contributed by atoms with Crippen LogP contribution in [-0.4, -0.2) is 43.7 Å². The second-order valence-electron chi connectivity index (χ2n) is 7.34. The molecule has 0 amide bonds. The zero-order valence-corrected chi connectivity index (χ0v) is 17.8. The molecule has 1 aromatic carbocycles. The molecule has 7 nitrogen and oxygen atoms in total. The lowest BCUT2D eigenvalue weighted by molar-refractivity contribution is 0.305. The molecular weight excluding hydrogens is 376 g/mol. The van der Waals surface area contributed by atoms with Gasteiger partial charge in [0.25, 0.3) is 0 Å². The summed E-state index contributed by atoms with van der Waals surface area (Å²) in [6, 6.07) is 14.3. The highest BCUT2D eigenvalue weighted by molar-refractivity contribution is 5.80. The van der Waals surface area contributed by atoms with Gasteiger partial charge in [-0.05, 0) is 37.0 Å². The van der Waals surface area contributed by atoms with Crippen LogP contribution < -0.4 is 20.3 Å². The highest BCUT2D eigenvalue weighted by Crippen LogP contribution is 2.23. The fourth-order valence-electron chi connectivity index (χ4n) is 3.54. The fourth-order valence-corrected chi connectivity index (χ4v) is 3.54. The quantitative estimate of drug-likeness (QED) is 0.543. The summed E-state index contributed by atoms with van der Waals surface area (Å²) in [5.74, 6) is 1.42. The Labute approximate surface area is 178 Å². The van der Waals surface area contributed by atoms with E-state index in [1.165, 1.54) is 0 Å². The van der Waals surface area contributed by atoms with E-state index in [4.69, 9.17) is 4.74 Å². The number of hydrogen-bond donors (Lipinski definition) is 2. The van der Waals surface area contributed by atoms with Gasteiger partial charge in [0.15, 0.2) is 5.96 Å². The van der Waals surface area contributed by atoms with Gasteiger partial charge < -0.3 is 20.3 Å². The summed E-state index contributed by atoms with van der Waals surface area (Å²) in [7, 11) is 1.78. The van der Waals surface area contributed by atoms with Crippen LogP contribution in [0.3, 0.4) is 0 Å². The first-order chi connectivity index (χ1) is 14.7. The Balaban J connectivity index is 1.53. The summed E-state index contributed by atoms with van der Waals surface area (Å²) in [6.45, 7) is 5.18. The number of guanidine groups is 1. The van der Waals surface area contributed by atoms with E-state index in [0.717, 1.165) is 55.1 Å². The molecule has 1 unspecified atom stereocenters. The zero-order chi connectivity index (χ0) is 21.2. The molecule has 0 aliphatic carbocycles. The lowest BCUT2D eigenvalue weighted by Crippen LogP contribution is -2.51. The number of nitrogens with zero attached hydrogens (tertiary/aromatic N) is 4. The van der Waals surface area contributed by atoms with Gasteiger partial charge in [0.05, 0.1) is 17.9 Å². The molecule has 3 rings (SSSR count). The van der Waals surface area contributed by atoms with E-state index in [0.29, 0.717) is 19.0 Å². The first-order valence-electron chi connectivity index (χ1n) is 10.5. The predicted octanol–water partition coefficient (Wildman–Crippen LogP) is 3.08. The molecule has 0 saturated carbocycles. The van der Waals surface area contributed by atoms with E-state index in [-0.39, 0.29) is 6.04 Å². The highest BCUT2D eigenvalue weighted by atomic mass is 16.5. The molecule has 1 aliphatic heterocycles. The molecule has 2 heterocycles. The minimum absolute atomic E-state index is 0.264. The van der Waals surface area contributed by atoms with E-state index in [1.807, 2.05) is 42.6 Å². The summed E-state index contributed by atoms with van der Waals surface area (Å²) in [5.41, 5.74) is 2.79. The van der Waals surface area contributed by atoms with Crippen molar-refractivity contribution in [1.29, 1.82) is 5.26 Å². The monoisotopic (exact) mass is 406 g/mol. The van der Waals surface area contributed by atoms with Crippen LogP contribution in [0.25, 0.3) is 0 Å². The van der Waals surface area contributed by atoms with Gasteiger partial charge in [-0.1, -0.05) is 25.1 Å². The Hall–Kier alpha value is -3.27. The van der Waals surface area contributed by atoms with Crippen LogP contribution in [0.5, 0.6) is 5.88 Å². The summed E-state index contributed by atoms with van der Waals surface area (Å²) in [4.78, 5) is 11.0. The minimum Gasteiger partial charge on any atom is -0.478 e. The molecular formula is C23H30N6O. The zero-order valence-electron chi connectivity index (χ0n) is 17.8. The average molecular weight is 407 g/mol. The van der Waals surface area contributed by atoms with Crippen molar-refractivity contribution in [3.8, 4) is 11.9 Å². The number of piperidine rings is 1. The number of aromatic nitrogens is 1. The molecule has 1 fully saturated rings. The SMILES string of the molecule is CCCOc1ccc(CNC(=NC)NC2CCCN(c3ccccc3C#N)C2)cn1. The van der Waals surface area contributed by atoms with Crippen molar-refractivity contribution in [2.45, 2.75) is 38.8 Å². The van der Waals surface area contributed by atoms with Gasteiger partial charge >= 0.3 is 0 Å². The van der Waals surface area contributed by atoms with Crippen molar-refractivity contribution in [3.05, 3.63) is 53.7 Å². The van der Waals surface area contributed by atoms with Gasteiger partial charge in [-0.15, -0.1) is 0 Å². The van der Waals surface area contributed by atoms with Crippen LogP contribution in [-0.2, 0) is 6.54 Å². The van der Waals surface area contributed by atoms with Crippen LogP contribution in [0.1, 0.15) is 37.3 Å². The van der Waals surface area contributed by atoms with Crippen LogP contribution in [0.4, 0.5) is 5.69 Å². The number of ether oxygens (including phenoxy) is 1. The molecule has 30 heavy (non-hydrogen) atoms. The summed E-state index contributed by atoms with van der Waals surface area (Å²) in [6.07, 6.45) is 4.93. The Morgan fingerprint density at radius 2 is 2.20 bits per heavy atom. The van der Waals surface area contributed by atoms with E-state index in [1.54, 1.807) is 7.05 Å². The van der Waals surface area contributed by atoms with Gasteiger partial charge in [0, 0.05) is 45.0 Å². The molecule has 2 aromatic rings.